The van der Waals surface area contributed by atoms with Crippen LogP contribution in [0.15, 0.2) is 53.0 Å². The molecule has 0 unspecified atom stereocenters. The third kappa shape index (κ3) is 7.06. The molecule has 3 rings (SSSR count). The first-order valence-electron chi connectivity index (χ1n) is 11.4. The zero-order valence-electron chi connectivity index (χ0n) is 19.8. The van der Waals surface area contributed by atoms with E-state index in [1.54, 1.807) is 31.2 Å². The van der Waals surface area contributed by atoms with Gasteiger partial charge in [0.1, 0.15) is 12.6 Å². The average Bonchev–Trinajstić information content (AvgIpc) is 3.28. The van der Waals surface area contributed by atoms with Gasteiger partial charge in [0.15, 0.2) is 0 Å². The molecule has 0 aromatic heterocycles. The molecular weight excluding hydrogens is 518 g/mol. The fourth-order valence-corrected chi connectivity index (χ4v) is 5.32. The van der Waals surface area contributed by atoms with Crippen LogP contribution in [0.25, 0.3) is 0 Å². The van der Waals surface area contributed by atoms with Crippen LogP contribution in [0.1, 0.15) is 43.7 Å². The highest BCUT2D eigenvalue weighted by atomic mass is 79.9. The number of hydrogen-bond acceptors (Lipinski definition) is 4. The fraction of sp³-hybridized carbons (Fsp3) is 0.440. The second-order valence-corrected chi connectivity index (χ2v) is 11.7. The summed E-state index contributed by atoms with van der Waals surface area (Å²) >= 11 is 3.35. The Morgan fingerprint density at radius 2 is 1.76 bits per heavy atom. The van der Waals surface area contributed by atoms with Gasteiger partial charge in [-0.3, -0.25) is 13.9 Å². The molecule has 9 heteroatoms. The van der Waals surface area contributed by atoms with Crippen molar-refractivity contribution >= 4 is 43.5 Å². The van der Waals surface area contributed by atoms with Gasteiger partial charge in [-0.05, 0) is 56.5 Å². The summed E-state index contributed by atoms with van der Waals surface area (Å²) in [4.78, 5) is 28.1. The third-order valence-electron chi connectivity index (χ3n) is 6.10. The van der Waals surface area contributed by atoms with Crippen LogP contribution in [0.3, 0.4) is 0 Å². The van der Waals surface area contributed by atoms with Gasteiger partial charge in [-0.2, -0.15) is 0 Å². The monoisotopic (exact) mass is 549 g/mol. The largest absolute Gasteiger partial charge is 0.352 e. The number of nitrogens with zero attached hydrogens (tertiary/aromatic N) is 2. The standard InChI is InChI=1S/C25H32BrN3O4S/c1-18-7-6-8-20(15-18)16-28(19(2)25(31)27-22-9-4-5-10-22)24(30)17-29(34(3,32)33)23-13-11-21(26)12-14-23/h6-8,11-15,19,22H,4-5,9-10,16-17H2,1-3H3,(H,27,31)/t19-/m1/s1. The van der Waals surface area contributed by atoms with E-state index < -0.39 is 28.5 Å². The van der Waals surface area contributed by atoms with Crippen LogP contribution in [0.5, 0.6) is 0 Å². The predicted octanol–water partition coefficient (Wildman–Crippen LogP) is 4.00. The molecule has 0 bridgehead atoms. The van der Waals surface area contributed by atoms with Crippen molar-refractivity contribution in [2.24, 2.45) is 0 Å². The maximum atomic E-state index is 13.5. The Labute approximate surface area is 210 Å². The maximum absolute atomic E-state index is 13.5. The topological polar surface area (TPSA) is 86.8 Å². The first kappa shape index (κ1) is 26.2. The van der Waals surface area contributed by atoms with Gasteiger partial charge in [-0.15, -0.1) is 0 Å². The van der Waals surface area contributed by atoms with Crippen LogP contribution in [0, 0.1) is 6.92 Å². The van der Waals surface area contributed by atoms with Gasteiger partial charge < -0.3 is 10.2 Å². The summed E-state index contributed by atoms with van der Waals surface area (Å²) in [6.45, 7) is 3.47. The number of anilines is 1. The Hall–Kier alpha value is -2.39. The summed E-state index contributed by atoms with van der Waals surface area (Å²) in [6, 6.07) is 13.8. The molecule has 1 fully saturated rings. The molecule has 0 aliphatic heterocycles. The molecule has 0 spiro atoms. The lowest BCUT2D eigenvalue weighted by molar-refractivity contribution is -0.139. The normalized spacial score (nSPS) is 15.1. The van der Waals surface area contributed by atoms with Crippen LogP contribution in [0.2, 0.25) is 0 Å². The van der Waals surface area contributed by atoms with E-state index >= 15 is 0 Å². The number of benzene rings is 2. The summed E-state index contributed by atoms with van der Waals surface area (Å²) in [6.07, 6.45) is 5.12. The quantitative estimate of drug-likeness (QED) is 0.512. The summed E-state index contributed by atoms with van der Waals surface area (Å²) in [5.74, 6) is -0.661. The van der Waals surface area contributed by atoms with Gasteiger partial charge in [-0.1, -0.05) is 58.6 Å². The summed E-state index contributed by atoms with van der Waals surface area (Å²) < 4.78 is 27.0. The molecule has 1 aliphatic carbocycles. The Bertz CT molecular complexity index is 1120. The lowest BCUT2D eigenvalue weighted by atomic mass is 10.1. The van der Waals surface area contributed by atoms with Crippen LogP contribution < -0.4 is 9.62 Å². The Morgan fingerprint density at radius 3 is 2.35 bits per heavy atom. The van der Waals surface area contributed by atoms with Gasteiger partial charge >= 0.3 is 0 Å². The van der Waals surface area contributed by atoms with Crippen molar-refractivity contribution in [3.05, 3.63) is 64.1 Å². The van der Waals surface area contributed by atoms with Gasteiger partial charge in [0, 0.05) is 17.1 Å². The van der Waals surface area contributed by atoms with Gasteiger partial charge in [0.2, 0.25) is 21.8 Å². The molecule has 2 amide bonds. The first-order chi connectivity index (χ1) is 16.0. The van der Waals surface area contributed by atoms with E-state index in [9.17, 15) is 18.0 Å². The summed E-state index contributed by atoms with van der Waals surface area (Å²) in [7, 11) is -3.73. The minimum atomic E-state index is -3.73. The Balaban J connectivity index is 1.87. The first-order valence-corrected chi connectivity index (χ1v) is 14.1. The lowest BCUT2D eigenvalue weighted by Gasteiger charge is -2.32. The minimum Gasteiger partial charge on any atom is -0.352 e. The van der Waals surface area contributed by atoms with E-state index in [4.69, 9.17) is 0 Å². The molecule has 184 valence electrons. The zero-order chi connectivity index (χ0) is 24.9. The average molecular weight is 551 g/mol. The number of hydrogen-bond donors (Lipinski definition) is 1. The second kappa shape index (κ2) is 11.4. The highest BCUT2D eigenvalue weighted by Crippen LogP contribution is 2.22. The predicted molar refractivity (Wildman–Crippen MR) is 138 cm³/mol. The van der Waals surface area contributed by atoms with Crippen molar-refractivity contribution in [3.8, 4) is 0 Å². The molecule has 0 saturated heterocycles. The number of carbonyl (C=O) groups is 2. The number of amides is 2. The fourth-order valence-electron chi connectivity index (χ4n) is 4.20. The minimum absolute atomic E-state index is 0.126. The second-order valence-electron chi connectivity index (χ2n) is 8.92. The molecule has 1 atom stereocenters. The molecule has 34 heavy (non-hydrogen) atoms. The van der Waals surface area contributed by atoms with Crippen molar-refractivity contribution in [1.82, 2.24) is 10.2 Å². The third-order valence-corrected chi connectivity index (χ3v) is 7.77. The number of rotatable bonds is 9. The van der Waals surface area contributed by atoms with E-state index in [-0.39, 0.29) is 18.5 Å². The zero-order valence-corrected chi connectivity index (χ0v) is 22.2. The molecule has 2 aromatic rings. The van der Waals surface area contributed by atoms with E-state index in [1.165, 1.54) is 4.90 Å². The molecule has 7 nitrogen and oxygen atoms in total. The molecule has 2 aromatic carbocycles. The van der Waals surface area contributed by atoms with E-state index in [1.807, 2.05) is 31.2 Å². The highest BCUT2D eigenvalue weighted by Gasteiger charge is 2.31. The highest BCUT2D eigenvalue weighted by molar-refractivity contribution is 9.10. The number of aryl methyl sites for hydroxylation is 1. The van der Waals surface area contributed by atoms with Crippen molar-refractivity contribution in [2.45, 2.75) is 58.2 Å². The smallest absolute Gasteiger partial charge is 0.244 e. The van der Waals surface area contributed by atoms with E-state index in [0.717, 1.165) is 51.8 Å². The Morgan fingerprint density at radius 1 is 1.12 bits per heavy atom. The molecule has 1 N–H and O–H groups in total. The molecule has 0 radical (unpaired) electrons. The SMILES string of the molecule is Cc1cccc(CN(C(=O)CN(c2ccc(Br)cc2)S(C)(=O)=O)[C@H](C)C(=O)NC2CCCC2)c1. The van der Waals surface area contributed by atoms with Crippen molar-refractivity contribution in [1.29, 1.82) is 0 Å². The summed E-state index contributed by atoms with van der Waals surface area (Å²) in [5.41, 5.74) is 2.31. The Kier molecular flexibility index (Phi) is 8.76. The lowest BCUT2D eigenvalue weighted by Crippen LogP contribution is -2.52. The molecule has 0 heterocycles. The van der Waals surface area contributed by atoms with Crippen molar-refractivity contribution in [2.75, 3.05) is 17.1 Å². The molecule has 1 saturated carbocycles. The number of sulfonamides is 1. The number of nitrogens with one attached hydrogen (secondary N) is 1. The summed E-state index contributed by atoms with van der Waals surface area (Å²) in [5, 5.41) is 3.06. The van der Waals surface area contributed by atoms with Crippen molar-refractivity contribution < 1.29 is 18.0 Å². The van der Waals surface area contributed by atoms with Gasteiger partial charge in [0.25, 0.3) is 0 Å². The van der Waals surface area contributed by atoms with Crippen LogP contribution >= 0.6 is 15.9 Å². The molecular formula is C25H32BrN3O4S. The van der Waals surface area contributed by atoms with Gasteiger partial charge in [0.05, 0.1) is 11.9 Å². The van der Waals surface area contributed by atoms with E-state index in [0.29, 0.717) is 5.69 Å². The van der Waals surface area contributed by atoms with Crippen LogP contribution in [-0.2, 0) is 26.2 Å². The van der Waals surface area contributed by atoms with Crippen molar-refractivity contribution in [3.63, 3.8) is 0 Å². The van der Waals surface area contributed by atoms with Gasteiger partial charge in [-0.25, -0.2) is 8.42 Å². The van der Waals surface area contributed by atoms with Crippen LogP contribution in [0.4, 0.5) is 5.69 Å². The van der Waals surface area contributed by atoms with E-state index in [2.05, 4.69) is 21.2 Å². The number of halogens is 1. The maximum Gasteiger partial charge on any atom is 0.244 e. The number of carbonyl (C=O) groups excluding carboxylic acids is 2. The van der Waals surface area contributed by atoms with Crippen LogP contribution in [-0.4, -0.2) is 50.0 Å². The molecule has 1 aliphatic rings.